The molecule has 0 aliphatic heterocycles. The van der Waals surface area contributed by atoms with E-state index in [0.717, 1.165) is 18.6 Å². The number of aryl methyl sites for hydroxylation is 1. The minimum absolute atomic E-state index is 0.0929. The SMILES string of the molecule is CCCCSCCS(=O)(=O)c1ccc(CCS(=O)(=O)[O-])cc1. The molecular weight excluding hydrogens is 344 g/mol. The number of thioether (sulfide) groups is 1. The second kappa shape index (κ2) is 8.90. The van der Waals surface area contributed by atoms with Crippen LogP contribution in [0.2, 0.25) is 0 Å². The van der Waals surface area contributed by atoms with Crippen LogP contribution < -0.4 is 0 Å². The van der Waals surface area contributed by atoms with Crippen molar-refractivity contribution in [2.75, 3.05) is 23.0 Å². The molecule has 126 valence electrons. The van der Waals surface area contributed by atoms with E-state index >= 15 is 0 Å². The molecule has 0 bridgehead atoms. The minimum Gasteiger partial charge on any atom is -0.748 e. The summed E-state index contributed by atoms with van der Waals surface area (Å²) in [6.45, 7) is 2.09. The lowest BCUT2D eigenvalue weighted by molar-refractivity contribution is 0.462. The van der Waals surface area contributed by atoms with Gasteiger partial charge in [-0.3, -0.25) is 0 Å². The van der Waals surface area contributed by atoms with Gasteiger partial charge >= 0.3 is 0 Å². The van der Waals surface area contributed by atoms with E-state index in [2.05, 4.69) is 6.92 Å². The molecule has 0 radical (unpaired) electrons. The van der Waals surface area contributed by atoms with Crippen molar-refractivity contribution in [1.82, 2.24) is 0 Å². The van der Waals surface area contributed by atoms with Crippen LogP contribution >= 0.6 is 11.8 Å². The van der Waals surface area contributed by atoms with Gasteiger partial charge in [0.15, 0.2) is 9.84 Å². The van der Waals surface area contributed by atoms with E-state index in [1.165, 1.54) is 12.1 Å². The van der Waals surface area contributed by atoms with Gasteiger partial charge in [0.1, 0.15) is 0 Å². The lowest BCUT2D eigenvalue weighted by Crippen LogP contribution is -2.10. The van der Waals surface area contributed by atoms with Crippen LogP contribution in [0.25, 0.3) is 0 Å². The molecule has 0 fully saturated rings. The van der Waals surface area contributed by atoms with Gasteiger partial charge in [-0.05, 0) is 36.3 Å². The van der Waals surface area contributed by atoms with E-state index < -0.39 is 25.7 Å². The summed E-state index contributed by atoms with van der Waals surface area (Å²) in [6, 6.07) is 6.06. The first-order valence-corrected chi connectivity index (χ1v) is 11.5. The Balaban J connectivity index is 2.57. The first-order valence-electron chi connectivity index (χ1n) is 7.07. The molecule has 1 rings (SSSR count). The Morgan fingerprint density at radius 3 is 2.18 bits per heavy atom. The molecular formula is C14H21O5S3-. The highest BCUT2D eigenvalue weighted by atomic mass is 32.2. The van der Waals surface area contributed by atoms with Crippen molar-refractivity contribution in [2.45, 2.75) is 31.1 Å². The molecule has 0 unspecified atom stereocenters. The van der Waals surface area contributed by atoms with Crippen LogP contribution in [0, 0.1) is 0 Å². The molecule has 0 aliphatic carbocycles. The zero-order valence-electron chi connectivity index (χ0n) is 12.5. The Kier molecular flexibility index (Phi) is 7.88. The lowest BCUT2D eigenvalue weighted by Gasteiger charge is -2.08. The van der Waals surface area contributed by atoms with Crippen LogP contribution in [0.4, 0.5) is 0 Å². The third kappa shape index (κ3) is 7.62. The second-order valence-corrected chi connectivity index (χ2v) is 9.80. The molecule has 0 N–H and O–H groups in total. The number of unbranched alkanes of at least 4 members (excludes halogenated alkanes) is 1. The summed E-state index contributed by atoms with van der Waals surface area (Å²) < 4.78 is 56.0. The molecule has 0 spiro atoms. The average Bonchev–Trinajstić information content (AvgIpc) is 2.44. The van der Waals surface area contributed by atoms with Crippen LogP contribution in [-0.2, 0) is 26.4 Å². The molecule has 8 heteroatoms. The maximum Gasteiger partial charge on any atom is 0.179 e. The van der Waals surface area contributed by atoms with E-state index in [9.17, 15) is 21.4 Å². The van der Waals surface area contributed by atoms with E-state index in [1.807, 2.05) is 0 Å². The Labute approximate surface area is 137 Å². The summed E-state index contributed by atoms with van der Waals surface area (Å²) in [4.78, 5) is 0.234. The van der Waals surface area contributed by atoms with Crippen molar-refractivity contribution in [3.8, 4) is 0 Å². The highest BCUT2D eigenvalue weighted by Crippen LogP contribution is 2.15. The van der Waals surface area contributed by atoms with Crippen LogP contribution in [0.3, 0.4) is 0 Å². The molecule has 0 amide bonds. The van der Waals surface area contributed by atoms with Gasteiger partial charge in [0.25, 0.3) is 0 Å². The Hall–Kier alpha value is -0.570. The highest BCUT2D eigenvalue weighted by Gasteiger charge is 2.14. The van der Waals surface area contributed by atoms with Gasteiger partial charge in [0, 0.05) is 11.5 Å². The fraction of sp³-hybridized carbons (Fsp3) is 0.571. The van der Waals surface area contributed by atoms with Crippen LogP contribution in [0.1, 0.15) is 25.3 Å². The molecule has 22 heavy (non-hydrogen) atoms. The fourth-order valence-electron chi connectivity index (χ4n) is 1.74. The van der Waals surface area contributed by atoms with Gasteiger partial charge in [-0.1, -0.05) is 25.5 Å². The number of hydrogen-bond donors (Lipinski definition) is 0. The summed E-state index contributed by atoms with van der Waals surface area (Å²) in [6.07, 6.45) is 2.28. The van der Waals surface area contributed by atoms with Gasteiger partial charge in [-0.25, -0.2) is 16.8 Å². The standard InChI is InChI=1S/C14H22O5S3/c1-2-3-9-20-10-12-21(15,16)14-6-4-13(5-7-14)8-11-22(17,18)19/h4-7H,2-3,8-12H2,1H3,(H,17,18,19)/p-1. The van der Waals surface area contributed by atoms with Crippen LogP contribution in [-0.4, -0.2) is 44.4 Å². The van der Waals surface area contributed by atoms with Crippen molar-refractivity contribution >= 4 is 31.7 Å². The summed E-state index contributed by atoms with van der Waals surface area (Å²) in [5.74, 6) is 1.15. The molecule has 0 aromatic heterocycles. The fourth-order valence-corrected chi connectivity index (χ4v) is 5.06. The zero-order chi connectivity index (χ0) is 16.6. The third-order valence-electron chi connectivity index (χ3n) is 3.06. The molecule has 1 aromatic rings. The first kappa shape index (κ1) is 19.5. The second-order valence-electron chi connectivity index (χ2n) is 4.94. The first-order chi connectivity index (χ1) is 10.2. The molecule has 0 saturated heterocycles. The normalized spacial score (nSPS) is 12.5. The number of hydrogen-bond acceptors (Lipinski definition) is 6. The monoisotopic (exact) mass is 365 g/mol. The molecule has 1 aromatic carbocycles. The van der Waals surface area contributed by atoms with Crippen LogP contribution in [0.15, 0.2) is 29.2 Å². The molecule has 0 heterocycles. The van der Waals surface area contributed by atoms with E-state index in [4.69, 9.17) is 0 Å². The maximum absolute atomic E-state index is 12.1. The average molecular weight is 366 g/mol. The topological polar surface area (TPSA) is 91.3 Å². The predicted octanol–water partition coefficient (Wildman–Crippen LogP) is 2.08. The van der Waals surface area contributed by atoms with Gasteiger partial charge in [-0.15, -0.1) is 0 Å². The predicted molar refractivity (Wildman–Crippen MR) is 89.0 cm³/mol. The molecule has 5 nitrogen and oxygen atoms in total. The quantitative estimate of drug-likeness (QED) is 0.466. The molecule has 0 atom stereocenters. The minimum atomic E-state index is -4.25. The van der Waals surface area contributed by atoms with E-state index in [-0.39, 0.29) is 17.1 Å². The smallest absolute Gasteiger partial charge is 0.179 e. The van der Waals surface area contributed by atoms with E-state index in [0.29, 0.717) is 11.3 Å². The maximum atomic E-state index is 12.1. The highest BCUT2D eigenvalue weighted by molar-refractivity contribution is 8.00. The summed E-state index contributed by atoms with van der Waals surface area (Å²) >= 11 is 1.63. The van der Waals surface area contributed by atoms with Gasteiger partial charge in [-0.2, -0.15) is 11.8 Å². The Morgan fingerprint density at radius 2 is 1.64 bits per heavy atom. The van der Waals surface area contributed by atoms with Gasteiger partial charge < -0.3 is 4.55 Å². The van der Waals surface area contributed by atoms with E-state index in [1.54, 1.807) is 23.9 Å². The number of benzene rings is 1. The zero-order valence-corrected chi connectivity index (χ0v) is 15.0. The third-order valence-corrected chi connectivity index (χ3v) is 6.83. The van der Waals surface area contributed by atoms with Crippen molar-refractivity contribution < 1.29 is 21.4 Å². The Bertz CT molecular complexity index is 648. The lowest BCUT2D eigenvalue weighted by atomic mass is 10.2. The summed E-state index contributed by atoms with van der Waals surface area (Å²) in [5.41, 5.74) is 0.635. The van der Waals surface area contributed by atoms with Gasteiger partial charge in [0.2, 0.25) is 0 Å². The summed E-state index contributed by atoms with van der Waals surface area (Å²) in [5, 5.41) is 0. The van der Waals surface area contributed by atoms with Crippen molar-refractivity contribution in [3.05, 3.63) is 29.8 Å². The summed E-state index contributed by atoms with van der Waals surface area (Å²) in [7, 11) is -7.56. The molecule has 0 saturated carbocycles. The van der Waals surface area contributed by atoms with Gasteiger partial charge in [0.05, 0.1) is 20.8 Å². The van der Waals surface area contributed by atoms with Crippen molar-refractivity contribution in [2.24, 2.45) is 0 Å². The Morgan fingerprint density at radius 1 is 1.00 bits per heavy atom. The molecule has 0 aliphatic rings. The van der Waals surface area contributed by atoms with Crippen LogP contribution in [0.5, 0.6) is 0 Å². The van der Waals surface area contributed by atoms with Crippen molar-refractivity contribution in [3.63, 3.8) is 0 Å². The number of sulfone groups is 1. The number of rotatable bonds is 10. The largest absolute Gasteiger partial charge is 0.748 e. The van der Waals surface area contributed by atoms with Crippen molar-refractivity contribution in [1.29, 1.82) is 0 Å².